The molecule has 1 amide bonds. The molecule has 1 fully saturated rings. The molecule has 1 saturated heterocycles. The lowest BCUT2D eigenvalue weighted by Gasteiger charge is -2.37. The van der Waals surface area contributed by atoms with Gasteiger partial charge in [-0.15, -0.1) is 0 Å². The van der Waals surface area contributed by atoms with Gasteiger partial charge in [0.25, 0.3) is 5.91 Å². The number of benzene rings is 1. The van der Waals surface area contributed by atoms with Crippen LogP contribution in [-0.4, -0.2) is 53.9 Å². The number of fused-ring (bicyclic) bond motifs is 1. The van der Waals surface area contributed by atoms with E-state index in [-0.39, 0.29) is 40.8 Å². The Bertz CT molecular complexity index is 1380. The topological polar surface area (TPSA) is 120 Å². The Balaban J connectivity index is 1.98. The van der Waals surface area contributed by atoms with Crippen LogP contribution < -0.4 is 10.6 Å². The molecule has 0 bridgehead atoms. The van der Waals surface area contributed by atoms with Crippen LogP contribution in [0.25, 0.3) is 16.8 Å². The summed E-state index contributed by atoms with van der Waals surface area (Å²) in [5.74, 6) is -0.833. The molecule has 0 spiro atoms. The second-order valence-corrected chi connectivity index (χ2v) is 10.1. The molecule has 0 radical (unpaired) electrons. The molecule has 1 aliphatic rings. The number of nitrogens with two attached hydrogens (primary N) is 1. The van der Waals surface area contributed by atoms with E-state index >= 15 is 0 Å². The van der Waals surface area contributed by atoms with Gasteiger partial charge < -0.3 is 15.4 Å². The first-order valence-corrected chi connectivity index (χ1v) is 11.6. The normalized spacial score (nSPS) is 17.0. The van der Waals surface area contributed by atoms with Crippen molar-refractivity contribution >= 4 is 32.8 Å². The molecule has 0 unspecified atom stereocenters. The predicted molar refractivity (Wildman–Crippen MR) is 113 cm³/mol. The lowest BCUT2D eigenvalue weighted by molar-refractivity contribution is -0.144. The Kier molecular flexibility index (Phi) is 5.17. The third-order valence-corrected chi connectivity index (χ3v) is 6.52. The average Bonchev–Trinajstić information content (AvgIpc) is 3.10. The summed E-state index contributed by atoms with van der Waals surface area (Å²) in [5, 5.41) is 3.91. The number of morpholine rings is 1. The Morgan fingerprint density at radius 1 is 1.21 bits per heavy atom. The van der Waals surface area contributed by atoms with Crippen LogP contribution in [0.2, 0.25) is 0 Å². The largest absolute Gasteiger partial charge is 0.418 e. The molecule has 33 heavy (non-hydrogen) atoms. The maximum absolute atomic E-state index is 13.7. The number of aromatic nitrogens is 3. The molecule has 2 aromatic heterocycles. The maximum Gasteiger partial charge on any atom is 0.418 e. The zero-order valence-electron chi connectivity index (χ0n) is 17.8. The fourth-order valence-corrected chi connectivity index (χ4v) is 4.67. The van der Waals surface area contributed by atoms with Crippen LogP contribution in [0.4, 0.5) is 24.7 Å². The van der Waals surface area contributed by atoms with Gasteiger partial charge in [-0.25, -0.2) is 17.9 Å². The summed E-state index contributed by atoms with van der Waals surface area (Å²) in [4.78, 5) is 17.8. The number of nitrogen functional groups attached to an aromatic ring is 1. The molecule has 3 aromatic rings. The van der Waals surface area contributed by atoms with Crippen LogP contribution >= 0.6 is 0 Å². The minimum absolute atomic E-state index is 0.00712. The Hall–Kier alpha value is -3.19. The molecule has 0 saturated carbocycles. The quantitative estimate of drug-likeness (QED) is 0.608. The summed E-state index contributed by atoms with van der Waals surface area (Å²) in [6.07, 6.45) is -2.72. The van der Waals surface area contributed by atoms with E-state index in [0.717, 1.165) is 23.2 Å². The molecule has 3 heterocycles. The van der Waals surface area contributed by atoms with Crippen LogP contribution in [0.15, 0.2) is 35.5 Å². The van der Waals surface area contributed by atoms with Crippen molar-refractivity contribution in [1.29, 1.82) is 0 Å². The van der Waals surface area contributed by atoms with E-state index in [1.54, 1.807) is 13.8 Å². The lowest BCUT2D eigenvalue weighted by Crippen LogP contribution is -2.54. The van der Waals surface area contributed by atoms with Crippen molar-refractivity contribution in [2.45, 2.75) is 30.5 Å². The minimum atomic E-state index is -4.73. The van der Waals surface area contributed by atoms with E-state index in [4.69, 9.17) is 10.5 Å². The van der Waals surface area contributed by atoms with Gasteiger partial charge in [-0.05, 0) is 32.0 Å². The van der Waals surface area contributed by atoms with Gasteiger partial charge in [0.15, 0.2) is 15.7 Å². The summed E-state index contributed by atoms with van der Waals surface area (Å²) in [5.41, 5.74) is 3.31. The number of alkyl halides is 3. The predicted octanol–water partition coefficient (Wildman–Crippen LogP) is 2.54. The van der Waals surface area contributed by atoms with Crippen LogP contribution in [0.1, 0.15) is 19.4 Å². The van der Waals surface area contributed by atoms with E-state index < -0.39 is 38.6 Å². The third-order valence-electron chi connectivity index (χ3n) is 5.37. The third kappa shape index (κ3) is 3.91. The summed E-state index contributed by atoms with van der Waals surface area (Å²) in [6.45, 7) is 3.34. The fraction of sp³-hybridized carbons (Fsp3) is 0.350. The number of nitrogens with zero attached hydrogens (tertiary/aromatic N) is 4. The van der Waals surface area contributed by atoms with Crippen molar-refractivity contribution in [3.63, 3.8) is 0 Å². The molecular weight excluding hydrogens is 463 g/mol. The smallest absolute Gasteiger partial charge is 0.382 e. The first-order valence-electron chi connectivity index (χ1n) is 9.71. The molecule has 0 atom stereocenters. The van der Waals surface area contributed by atoms with Crippen LogP contribution in [0.3, 0.4) is 0 Å². The van der Waals surface area contributed by atoms with Crippen molar-refractivity contribution in [1.82, 2.24) is 14.6 Å². The molecule has 13 heteroatoms. The van der Waals surface area contributed by atoms with Gasteiger partial charge in [0.1, 0.15) is 17.4 Å². The van der Waals surface area contributed by atoms with Crippen molar-refractivity contribution in [3.05, 3.63) is 36.2 Å². The molecule has 2 N–H and O–H groups in total. The number of anilines is 2. The lowest BCUT2D eigenvalue weighted by atomic mass is 10.0. The molecule has 4 rings (SSSR count). The number of hydrogen-bond acceptors (Lipinski definition) is 7. The molecule has 0 aliphatic carbocycles. The summed E-state index contributed by atoms with van der Waals surface area (Å²) in [6, 6.07) is 4.84. The molecule has 176 valence electrons. The van der Waals surface area contributed by atoms with Gasteiger partial charge >= 0.3 is 6.18 Å². The highest BCUT2D eigenvalue weighted by molar-refractivity contribution is 7.90. The molecular formula is C20H20F3N5O4S. The number of sulfone groups is 1. The van der Waals surface area contributed by atoms with Crippen molar-refractivity contribution in [3.8, 4) is 11.3 Å². The summed E-state index contributed by atoms with van der Waals surface area (Å²) >= 11 is 0. The maximum atomic E-state index is 13.7. The van der Waals surface area contributed by atoms with Crippen molar-refractivity contribution in [2.75, 3.05) is 30.0 Å². The Morgan fingerprint density at radius 2 is 1.91 bits per heavy atom. The number of rotatable bonds is 3. The van der Waals surface area contributed by atoms with Crippen molar-refractivity contribution in [2.24, 2.45) is 0 Å². The number of halogens is 3. The summed E-state index contributed by atoms with van der Waals surface area (Å²) in [7, 11) is -3.78. The number of carbonyl (C=O) groups excluding carboxylic acids is 1. The van der Waals surface area contributed by atoms with E-state index in [1.807, 2.05) is 0 Å². The number of hydrogen-bond donors (Lipinski definition) is 1. The number of ether oxygens (including phenoxy) is 1. The zero-order chi connectivity index (χ0) is 24.3. The number of amides is 1. The van der Waals surface area contributed by atoms with Crippen molar-refractivity contribution < 1.29 is 31.1 Å². The Morgan fingerprint density at radius 3 is 2.55 bits per heavy atom. The van der Waals surface area contributed by atoms with Gasteiger partial charge in [0, 0.05) is 18.4 Å². The molecule has 1 aromatic carbocycles. The zero-order valence-corrected chi connectivity index (χ0v) is 18.7. The SMILES string of the molecule is CC1(C)OCCN(c2cc(-c3cc(C(F)(F)F)c4c(N)ncnn34)ccc2S(C)(=O)=O)C1=O. The van der Waals surface area contributed by atoms with Crippen LogP contribution in [-0.2, 0) is 25.5 Å². The second-order valence-electron chi connectivity index (χ2n) is 8.12. The highest BCUT2D eigenvalue weighted by Gasteiger charge is 2.40. The molecule has 9 nitrogen and oxygen atoms in total. The van der Waals surface area contributed by atoms with E-state index in [2.05, 4.69) is 10.1 Å². The first kappa shape index (κ1) is 23.0. The summed E-state index contributed by atoms with van der Waals surface area (Å²) < 4.78 is 72.4. The van der Waals surface area contributed by atoms with E-state index in [9.17, 15) is 26.4 Å². The first-order chi connectivity index (χ1) is 15.2. The van der Waals surface area contributed by atoms with E-state index in [1.165, 1.54) is 23.1 Å². The van der Waals surface area contributed by atoms with Gasteiger partial charge in [-0.1, -0.05) is 6.07 Å². The second kappa shape index (κ2) is 7.42. The van der Waals surface area contributed by atoms with Crippen LogP contribution in [0, 0.1) is 0 Å². The standard InChI is InChI=1S/C20H20F3N5O4S/c1-19(2)18(29)27(6-7-32-19)14-8-11(4-5-15(14)33(3,30)31)13-9-12(20(21,22)23)16-17(24)25-10-26-28(13)16/h4-5,8-10H,6-7H2,1-3H3,(H2,24,25,26). The average molecular weight is 483 g/mol. The van der Waals surface area contributed by atoms with Crippen LogP contribution in [0.5, 0.6) is 0 Å². The van der Waals surface area contributed by atoms with Gasteiger partial charge in [0.2, 0.25) is 0 Å². The minimum Gasteiger partial charge on any atom is -0.382 e. The highest BCUT2D eigenvalue weighted by Crippen LogP contribution is 2.40. The number of carbonyl (C=O) groups is 1. The van der Waals surface area contributed by atoms with E-state index in [0.29, 0.717) is 0 Å². The fourth-order valence-electron chi connectivity index (χ4n) is 3.80. The molecule has 1 aliphatic heterocycles. The highest BCUT2D eigenvalue weighted by atomic mass is 32.2. The Labute approximate surface area is 186 Å². The monoisotopic (exact) mass is 483 g/mol. The van der Waals surface area contributed by atoms with Gasteiger partial charge in [-0.3, -0.25) is 4.79 Å². The van der Waals surface area contributed by atoms with Gasteiger partial charge in [-0.2, -0.15) is 18.3 Å². The van der Waals surface area contributed by atoms with Gasteiger partial charge in [0.05, 0.1) is 28.4 Å².